The number of methoxy groups -OCH3 is 1. The topological polar surface area (TPSA) is 81.7 Å². The number of thiophene rings is 1. The van der Waals surface area contributed by atoms with Crippen LogP contribution in [0.4, 0.5) is 0 Å². The number of Topliss-reactive ketones (excluding diaryl/α,β-unsaturated/α-hetero) is 1. The van der Waals surface area contributed by atoms with Gasteiger partial charge < -0.3 is 14.8 Å². The summed E-state index contributed by atoms with van der Waals surface area (Å²) < 4.78 is 10.8. The molecule has 1 fully saturated rings. The number of hydrogen-bond donors (Lipinski definition) is 1. The molecule has 3 atom stereocenters. The molecule has 31 heavy (non-hydrogen) atoms. The van der Waals surface area contributed by atoms with Crippen LogP contribution in [0.2, 0.25) is 0 Å². The standard InChI is InChI=1S/C24H29NO5S/c1-13-12-16-20(22(26)18(13)23(27)29-3)21(17-10-7-11-31-17)19(14(2)25-16)24(28)30-15-8-5-4-6-9-15/h7,10-11,13,15,18,21,25H,4-6,8-9,12H2,1-3H3/t13-,18-,21+/m1/s1. The van der Waals surface area contributed by atoms with Crippen LogP contribution in [0.25, 0.3) is 0 Å². The van der Waals surface area contributed by atoms with Crippen molar-refractivity contribution in [1.29, 1.82) is 0 Å². The van der Waals surface area contributed by atoms with Gasteiger partial charge in [-0.3, -0.25) is 9.59 Å². The highest BCUT2D eigenvalue weighted by Crippen LogP contribution is 2.46. The second-order valence-corrected chi connectivity index (χ2v) is 9.70. The molecule has 2 aliphatic carbocycles. The van der Waals surface area contributed by atoms with E-state index in [1.807, 2.05) is 31.4 Å². The molecule has 1 N–H and O–H groups in total. The first-order valence-electron chi connectivity index (χ1n) is 11.0. The number of ketones is 1. The van der Waals surface area contributed by atoms with E-state index in [0.717, 1.165) is 42.0 Å². The van der Waals surface area contributed by atoms with Crippen LogP contribution in [0.1, 0.15) is 63.2 Å². The van der Waals surface area contributed by atoms with Gasteiger partial charge in [-0.2, -0.15) is 0 Å². The quantitative estimate of drug-likeness (QED) is 0.554. The summed E-state index contributed by atoms with van der Waals surface area (Å²) in [6.07, 6.45) is 5.53. The van der Waals surface area contributed by atoms with Crippen LogP contribution >= 0.6 is 11.3 Å². The van der Waals surface area contributed by atoms with Crippen molar-refractivity contribution in [3.8, 4) is 0 Å². The summed E-state index contributed by atoms with van der Waals surface area (Å²) in [5, 5.41) is 5.24. The lowest BCUT2D eigenvalue weighted by Gasteiger charge is -2.38. The first-order valence-corrected chi connectivity index (χ1v) is 11.9. The van der Waals surface area contributed by atoms with Crippen LogP contribution < -0.4 is 5.32 Å². The number of carbonyl (C=O) groups is 3. The van der Waals surface area contributed by atoms with Crippen LogP contribution in [-0.4, -0.2) is 30.9 Å². The van der Waals surface area contributed by atoms with E-state index < -0.39 is 17.8 Å². The minimum atomic E-state index is -0.859. The van der Waals surface area contributed by atoms with Crippen LogP contribution in [0.15, 0.2) is 40.1 Å². The average molecular weight is 444 g/mol. The van der Waals surface area contributed by atoms with Crippen molar-refractivity contribution in [3.63, 3.8) is 0 Å². The molecule has 0 unspecified atom stereocenters. The van der Waals surface area contributed by atoms with Gasteiger partial charge >= 0.3 is 11.9 Å². The van der Waals surface area contributed by atoms with Gasteiger partial charge in [0.05, 0.1) is 18.6 Å². The Kier molecular flexibility index (Phi) is 6.32. The summed E-state index contributed by atoms with van der Waals surface area (Å²) in [7, 11) is 1.30. The lowest BCUT2D eigenvalue weighted by Crippen LogP contribution is -2.43. The maximum absolute atomic E-state index is 13.6. The van der Waals surface area contributed by atoms with Gasteiger partial charge in [0.15, 0.2) is 5.78 Å². The Morgan fingerprint density at radius 2 is 1.94 bits per heavy atom. The van der Waals surface area contributed by atoms with E-state index in [1.54, 1.807) is 0 Å². The molecule has 7 heteroatoms. The number of hydrogen-bond acceptors (Lipinski definition) is 7. The summed E-state index contributed by atoms with van der Waals surface area (Å²) in [6, 6.07) is 3.85. The van der Waals surface area contributed by atoms with E-state index in [4.69, 9.17) is 9.47 Å². The Morgan fingerprint density at radius 1 is 1.19 bits per heavy atom. The van der Waals surface area contributed by atoms with E-state index in [0.29, 0.717) is 17.6 Å². The number of ether oxygens (including phenoxy) is 2. The van der Waals surface area contributed by atoms with Crippen molar-refractivity contribution in [2.75, 3.05) is 7.11 Å². The predicted molar refractivity (Wildman–Crippen MR) is 117 cm³/mol. The summed E-state index contributed by atoms with van der Waals surface area (Å²) in [5.74, 6) is -2.73. The third-order valence-corrected chi connectivity index (χ3v) is 7.55. The Hall–Kier alpha value is -2.41. The molecule has 0 aromatic carbocycles. The molecule has 6 nitrogen and oxygen atoms in total. The third-order valence-electron chi connectivity index (χ3n) is 6.62. The zero-order valence-electron chi connectivity index (χ0n) is 18.2. The van der Waals surface area contributed by atoms with Crippen molar-refractivity contribution in [1.82, 2.24) is 5.32 Å². The zero-order valence-corrected chi connectivity index (χ0v) is 19.1. The highest BCUT2D eigenvalue weighted by atomic mass is 32.1. The predicted octanol–water partition coefficient (Wildman–Crippen LogP) is 4.24. The Balaban J connectivity index is 1.73. The lowest BCUT2D eigenvalue weighted by atomic mass is 9.70. The second-order valence-electron chi connectivity index (χ2n) is 8.72. The van der Waals surface area contributed by atoms with Gasteiger partial charge in [-0.1, -0.05) is 19.4 Å². The number of allylic oxidation sites excluding steroid dienone is 3. The Morgan fingerprint density at radius 3 is 2.58 bits per heavy atom. The zero-order chi connectivity index (χ0) is 22.1. The van der Waals surface area contributed by atoms with Gasteiger partial charge in [0.1, 0.15) is 12.0 Å². The first kappa shape index (κ1) is 21.8. The van der Waals surface area contributed by atoms with Gasteiger partial charge in [-0.15, -0.1) is 11.3 Å². The Bertz CT molecular complexity index is 939. The maximum atomic E-state index is 13.6. The van der Waals surface area contributed by atoms with Gasteiger partial charge in [0.2, 0.25) is 0 Å². The number of rotatable bonds is 4. The fourth-order valence-electron chi connectivity index (χ4n) is 5.09. The van der Waals surface area contributed by atoms with E-state index >= 15 is 0 Å². The monoisotopic (exact) mass is 443 g/mol. The van der Waals surface area contributed by atoms with Crippen molar-refractivity contribution < 1.29 is 23.9 Å². The van der Waals surface area contributed by atoms with Crippen molar-refractivity contribution in [3.05, 3.63) is 44.9 Å². The Labute approximate surface area is 186 Å². The molecule has 1 aromatic rings. The summed E-state index contributed by atoms with van der Waals surface area (Å²) in [6.45, 7) is 3.75. The molecule has 1 aliphatic heterocycles. The first-order chi connectivity index (χ1) is 14.9. The normalized spacial score (nSPS) is 26.9. The molecule has 0 amide bonds. The molecule has 1 saturated carbocycles. The lowest BCUT2D eigenvalue weighted by molar-refractivity contribution is -0.151. The molecule has 2 heterocycles. The molecule has 1 aromatic heterocycles. The summed E-state index contributed by atoms with van der Waals surface area (Å²) in [4.78, 5) is 40.2. The molecule has 3 aliphatic rings. The largest absolute Gasteiger partial charge is 0.468 e. The molecule has 0 radical (unpaired) electrons. The highest BCUT2D eigenvalue weighted by Gasteiger charge is 2.47. The summed E-state index contributed by atoms with van der Waals surface area (Å²) in [5.41, 5.74) is 2.48. The maximum Gasteiger partial charge on any atom is 0.337 e. The molecule has 0 saturated heterocycles. The van der Waals surface area contributed by atoms with Crippen molar-refractivity contribution in [2.45, 2.75) is 64.4 Å². The SMILES string of the molecule is COC(=O)[C@H]1C(=O)C2=C(C[C@H]1C)NC(C)=C(C(=O)OC1CCCCC1)[C@@H]2c1cccs1. The van der Waals surface area contributed by atoms with Gasteiger partial charge in [0.25, 0.3) is 0 Å². The number of nitrogens with one attached hydrogen (secondary N) is 1. The molecular formula is C24H29NO5S. The fraction of sp³-hybridized carbons (Fsp3) is 0.542. The number of carbonyl (C=O) groups excluding carboxylic acids is 3. The molecular weight excluding hydrogens is 414 g/mol. The minimum absolute atomic E-state index is 0.0780. The molecule has 4 rings (SSSR count). The van der Waals surface area contributed by atoms with Crippen LogP contribution in [0.5, 0.6) is 0 Å². The highest BCUT2D eigenvalue weighted by molar-refractivity contribution is 7.10. The van der Waals surface area contributed by atoms with E-state index in [2.05, 4.69) is 5.32 Å². The minimum Gasteiger partial charge on any atom is -0.468 e. The van der Waals surface area contributed by atoms with Crippen molar-refractivity contribution in [2.24, 2.45) is 11.8 Å². The fourth-order valence-corrected chi connectivity index (χ4v) is 5.93. The third kappa shape index (κ3) is 4.07. The number of dihydropyridines is 1. The van der Waals surface area contributed by atoms with E-state index in [9.17, 15) is 14.4 Å². The van der Waals surface area contributed by atoms with Crippen molar-refractivity contribution >= 4 is 29.1 Å². The van der Waals surface area contributed by atoms with Crippen LogP contribution in [0, 0.1) is 11.8 Å². The smallest absolute Gasteiger partial charge is 0.337 e. The molecule has 166 valence electrons. The number of esters is 2. The van der Waals surface area contributed by atoms with Gasteiger partial charge in [-0.25, -0.2) is 4.79 Å². The van der Waals surface area contributed by atoms with Gasteiger partial charge in [-0.05, 0) is 56.4 Å². The molecule has 0 spiro atoms. The van der Waals surface area contributed by atoms with E-state index in [1.165, 1.54) is 24.9 Å². The second kappa shape index (κ2) is 8.99. The summed E-state index contributed by atoms with van der Waals surface area (Å²) >= 11 is 1.50. The van der Waals surface area contributed by atoms with Crippen LogP contribution in [0.3, 0.4) is 0 Å². The van der Waals surface area contributed by atoms with Gasteiger partial charge in [0, 0.05) is 21.8 Å². The van der Waals surface area contributed by atoms with Crippen LogP contribution in [-0.2, 0) is 23.9 Å². The average Bonchev–Trinajstić information content (AvgIpc) is 3.27. The van der Waals surface area contributed by atoms with E-state index in [-0.39, 0.29) is 23.8 Å². The molecule has 0 bridgehead atoms.